The summed E-state index contributed by atoms with van der Waals surface area (Å²) in [6.07, 6.45) is 9.62. The van der Waals surface area contributed by atoms with Crippen molar-refractivity contribution in [3.05, 3.63) is 60.7 Å². The van der Waals surface area contributed by atoms with E-state index in [0.29, 0.717) is 23.9 Å². The van der Waals surface area contributed by atoms with Gasteiger partial charge in [0.25, 0.3) is 0 Å². The number of likely N-dealkylation sites (tertiary alicyclic amines) is 1. The maximum absolute atomic E-state index is 13.4. The fraction of sp³-hybridized carbons (Fsp3) is 0.429. The predicted molar refractivity (Wildman–Crippen MR) is 146 cm³/mol. The third kappa shape index (κ3) is 5.36. The molecular formula is C28H37N7O2. The SMILES string of the molecule is CC(C)CN(C(=O)C(=O)Nc1ccn2ccnc2c1)[C@H](C)c1ccc2nn(C3CCN(C)CC3)cc2c1.[HH]. The van der Waals surface area contributed by atoms with E-state index < -0.39 is 11.8 Å². The second-order valence-corrected chi connectivity index (χ2v) is 10.6. The minimum atomic E-state index is -0.653. The number of pyridine rings is 1. The molecule has 1 aromatic carbocycles. The van der Waals surface area contributed by atoms with Crippen molar-refractivity contribution in [3.63, 3.8) is 0 Å². The van der Waals surface area contributed by atoms with Crippen molar-refractivity contribution in [3.8, 4) is 0 Å². The van der Waals surface area contributed by atoms with E-state index in [2.05, 4.69) is 39.2 Å². The largest absolute Gasteiger partial charge is 0.327 e. The molecule has 1 aliphatic rings. The zero-order valence-corrected chi connectivity index (χ0v) is 22.0. The summed E-state index contributed by atoms with van der Waals surface area (Å²) in [4.78, 5) is 34.7. The molecule has 1 saturated heterocycles. The van der Waals surface area contributed by atoms with E-state index in [0.717, 1.165) is 42.4 Å². The summed E-state index contributed by atoms with van der Waals surface area (Å²) < 4.78 is 3.95. The molecule has 0 bridgehead atoms. The Morgan fingerprint density at radius 1 is 1.14 bits per heavy atom. The van der Waals surface area contributed by atoms with E-state index in [4.69, 9.17) is 5.10 Å². The number of rotatable bonds is 6. The normalized spacial score (nSPS) is 15.9. The van der Waals surface area contributed by atoms with Gasteiger partial charge >= 0.3 is 11.8 Å². The van der Waals surface area contributed by atoms with Crippen molar-refractivity contribution in [2.45, 2.75) is 45.7 Å². The first-order valence-corrected chi connectivity index (χ1v) is 13.0. The molecule has 3 aromatic heterocycles. The van der Waals surface area contributed by atoms with E-state index >= 15 is 0 Å². The van der Waals surface area contributed by atoms with Gasteiger partial charge in [0.15, 0.2) is 0 Å². The lowest BCUT2D eigenvalue weighted by Crippen LogP contribution is -2.43. The van der Waals surface area contributed by atoms with E-state index in [9.17, 15) is 9.59 Å². The monoisotopic (exact) mass is 503 g/mol. The number of hydrogen-bond acceptors (Lipinski definition) is 5. The summed E-state index contributed by atoms with van der Waals surface area (Å²) >= 11 is 0. The number of carbonyl (C=O) groups is 2. The molecule has 9 nitrogen and oxygen atoms in total. The van der Waals surface area contributed by atoms with E-state index in [-0.39, 0.29) is 13.4 Å². The molecule has 4 heterocycles. The minimum absolute atomic E-state index is 0. The molecule has 0 saturated carbocycles. The number of fused-ring (bicyclic) bond motifs is 2. The van der Waals surface area contributed by atoms with Crippen LogP contribution in [0, 0.1) is 5.92 Å². The van der Waals surface area contributed by atoms with Gasteiger partial charge in [0, 0.05) is 49.9 Å². The summed E-state index contributed by atoms with van der Waals surface area (Å²) in [5.41, 5.74) is 3.17. The molecule has 0 unspecified atom stereocenters. The average Bonchev–Trinajstić information content (AvgIpc) is 3.53. The number of carbonyl (C=O) groups excluding carboxylic acids is 2. The Hall–Kier alpha value is -3.72. The molecule has 196 valence electrons. The van der Waals surface area contributed by atoms with Gasteiger partial charge in [-0.25, -0.2) is 4.98 Å². The fourth-order valence-corrected chi connectivity index (χ4v) is 5.06. The Morgan fingerprint density at radius 2 is 1.92 bits per heavy atom. The number of piperidine rings is 1. The van der Waals surface area contributed by atoms with E-state index in [1.54, 1.807) is 29.4 Å². The summed E-state index contributed by atoms with van der Waals surface area (Å²) in [6.45, 7) is 8.70. The Kier molecular flexibility index (Phi) is 6.97. The van der Waals surface area contributed by atoms with Crippen molar-refractivity contribution in [2.24, 2.45) is 5.92 Å². The lowest BCUT2D eigenvalue weighted by molar-refractivity contribution is -0.145. The number of imidazole rings is 1. The molecule has 0 radical (unpaired) electrons. The van der Waals surface area contributed by atoms with Crippen molar-refractivity contribution in [1.82, 2.24) is 29.0 Å². The van der Waals surface area contributed by atoms with Crippen molar-refractivity contribution in [1.29, 1.82) is 0 Å². The summed E-state index contributed by atoms with van der Waals surface area (Å²) in [5.74, 6) is -0.998. The third-order valence-electron chi connectivity index (χ3n) is 7.23. The zero-order valence-electron chi connectivity index (χ0n) is 22.0. The van der Waals surface area contributed by atoms with Gasteiger partial charge in [-0.05, 0) is 69.6 Å². The van der Waals surface area contributed by atoms with Gasteiger partial charge in [0.2, 0.25) is 0 Å². The lowest BCUT2D eigenvalue weighted by atomic mass is 10.0. The van der Waals surface area contributed by atoms with Crippen LogP contribution in [0.15, 0.2) is 55.1 Å². The Morgan fingerprint density at radius 3 is 2.68 bits per heavy atom. The number of aromatic nitrogens is 4. The predicted octanol–water partition coefficient (Wildman–Crippen LogP) is 4.38. The van der Waals surface area contributed by atoms with Crippen molar-refractivity contribution in [2.75, 3.05) is 32.0 Å². The number of nitrogens with zero attached hydrogens (tertiary/aromatic N) is 6. The maximum atomic E-state index is 13.4. The highest BCUT2D eigenvalue weighted by Gasteiger charge is 2.28. The molecule has 2 amide bonds. The van der Waals surface area contributed by atoms with Crippen LogP contribution < -0.4 is 5.32 Å². The molecule has 9 heteroatoms. The van der Waals surface area contributed by atoms with Gasteiger partial charge in [0.05, 0.1) is 17.6 Å². The maximum Gasteiger partial charge on any atom is 0.313 e. The Bertz CT molecular complexity index is 1420. The first-order valence-electron chi connectivity index (χ1n) is 13.0. The highest BCUT2D eigenvalue weighted by atomic mass is 16.2. The van der Waals surface area contributed by atoms with Gasteiger partial charge in [-0.2, -0.15) is 5.10 Å². The lowest BCUT2D eigenvalue weighted by Gasteiger charge is -2.30. The minimum Gasteiger partial charge on any atom is -0.327 e. The first-order chi connectivity index (χ1) is 17.8. The van der Waals surface area contributed by atoms with Crippen LogP contribution in [0.3, 0.4) is 0 Å². The van der Waals surface area contributed by atoms with Gasteiger partial charge in [-0.1, -0.05) is 19.9 Å². The van der Waals surface area contributed by atoms with Gasteiger partial charge < -0.3 is 19.5 Å². The molecule has 4 aromatic rings. The Balaban J connectivity index is 0.00000336. The molecule has 1 atom stereocenters. The molecule has 0 spiro atoms. The smallest absolute Gasteiger partial charge is 0.313 e. The summed E-state index contributed by atoms with van der Waals surface area (Å²) in [6, 6.07) is 9.78. The number of benzene rings is 1. The van der Waals surface area contributed by atoms with Crippen LogP contribution in [0.4, 0.5) is 5.69 Å². The van der Waals surface area contributed by atoms with Crippen LogP contribution in [-0.2, 0) is 9.59 Å². The van der Waals surface area contributed by atoms with Gasteiger partial charge in [0.1, 0.15) is 5.65 Å². The van der Waals surface area contributed by atoms with Crippen LogP contribution in [0.25, 0.3) is 16.6 Å². The molecule has 1 aliphatic heterocycles. The second kappa shape index (κ2) is 10.3. The van der Waals surface area contributed by atoms with E-state index in [1.807, 2.05) is 43.5 Å². The number of hydrogen-bond donors (Lipinski definition) is 1. The Labute approximate surface area is 218 Å². The molecule has 37 heavy (non-hydrogen) atoms. The van der Waals surface area contributed by atoms with E-state index in [1.165, 1.54) is 0 Å². The average molecular weight is 504 g/mol. The summed E-state index contributed by atoms with van der Waals surface area (Å²) in [5, 5.41) is 8.64. The van der Waals surface area contributed by atoms with Crippen LogP contribution in [0.1, 0.15) is 52.7 Å². The van der Waals surface area contributed by atoms with Crippen molar-refractivity contribution < 1.29 is 11.0 Å². The van der Waals surface area contributed by atoms with Crippen LogP contribution in [-0.4, -0.2) is 67.5 Å². The summed E-state index contributed by atoms with van der Waals surface area (Å²) in [7, 11) is 2.16. The zero-order chi connectivity index (χ0) is 26.1. The fourth-order valence-electron chi connectivity index (χ4n) is 5.06. The van der Waals surface area contributed by atoms with Crippen LogP contribution in [0.2, 0.25) is 0 Å². The molecule has 0 aliphatic carbocycles. The van der Waals surface area contributed by atoms with Gasteiger partial charge in [-0.3, -0.25) is 14.3 Å². The number of nitrogens with one attached hydrogen (secondary N) is 1. The number of anilines is 1. The molecule has 1 fully saturated rings. The number of amides is 2. The molecule has 1 N–H and O–H groups in total. The molecular weight excluding hydrogens is 466 g/mol. The highest BCUT2D eigenvalue weighted by Crippen LogP contribution is 2.28. The standard InChI is InChI=1S/C28H35N7O2.H2/c1-19(2)17-34(28(37)27(36)30-23-7-13-33-14-10-29-26(33)16-23)20(3)21-5-6-25-22(15-21)18-35(31-25)24-8-11-32(4)12-9-24;/h5-7,10,13-16,18-20,24H,8-9,11-12,17H2,1-4H3,(H,30,36);1H/t20-;/m1./s1. The van der Waals surface area contributed by atoms with Crippen molar-refractivity contribution >= 4 is 34.1 Å². The topological polar surface area (TPSA) is 87.8 Å². The van der Waals surface area contributed by atoms with Crippen LogP contribution in [0.5, 0.6) is 0 Å². The third-order valence-corrected chi connectivity index (χ3v) is 7.23. The second-order valence-electron chi connectivity index (χ2n) is 10.6. The highest BCUT2D eigenvalue weighted by molar-refractivity contribution is 6.39. The quantitative estimate of drug-likeness (QED) is 0.395. The first kappa shape index (κ1) is 25.0. The van der Waals surface area contributed by atoms with Gasteiger partial charge in [-0.15, -0.1) is 0 Å². The van der Waals surface area contributed by atoms with Crippen LogP contribution >= 0.6 is 0 Å². The molecule has 5 rings (SSSR count).